The molecule has 4 heteroatoms. The summed E-state index contributed by atoms with van der Waals surface area (Å²) < 4.78 is 0. The normalized spacial score (nSPS) is 23.1. The van der Waals surface area contributed by atoms with E-state index < -0.39 is 0 Å². The molecule has 4 nitrogen and oxygen atoms in total. The smallest absolute Gasteiger partial charge is 0.209 e. The molecule has 0 saturated heterocycles. The van der Waals surface area contributed by atoms with E-state index in [0.29, 0.717) is 12.0 Å². The van der Waals surface area contributed by atoms with Gasteiger partial charge in [0.2, 0.25) is 12.8 Å². The summed E-state index contributed by atoms with van der Waals surface area (Å²) in [7, 11) is 1.79. The van der Waals surface area contributed by atoms with Gasteiger partial charge in [0, 0.05) is 19.6 Å². The maximum absolute atomic E-state index is 10.3. The number of nitrogens with zero attached hydrogens (tertiary/aromatic N) is 1. The summed E-state index contributed by atoms with van der Waals surface area (Å²) in [5, 5.41) is 2.77. The predicted octanol–water partition coefficient (Wildman–Crippen LogP) is 0.936. The van der Waals surface area contributed by atoms with Crippen LogP contribution in [0.3, 0.4) is 0 Å². The van der Waals surface area contributed by atoms with Gasteiger partial charge in [-0.3, -0.25) is 9.59 Å². The summed E-state index contributed by atoms with van der Waals surface area (Å²) in [5.74, 6) is 0.544. The number of unbranched alkanes of at least 4 members (excludes halogenated alkanes) is 2. The van der Waals surface area contributed by atoms with E-state index in [-0.39, 0.29) is 0 Å². The number of carbonyl (C=O) groups excluding carboxylic acids is 2. The topological polar surface area (TPSA) is 49.4 Å². The van der Waals surface area contributed by atoms with E-state index in [9.17, 15) is 9.59 Å². The zero-order valence-corrected chi connectivity index (χ0v) is 9.76. The van der Waals surface area contributed by atoms with Crippen LogP contribution in [0, 0.1) is 5.92 Å². The molecule has 2 atom stereocenters. The molecule has 0 heterocycles. The van der Waals surface area contributed by atoms with Crippen LogP contribution in [-0.2, 0) is 9.59 Å². The molecule has 1 aliphatic rings. The Hall–Kier alpha value is -1.32. The van der Waals surface area contributed by atoms with Crippen LogP contribution in [0.15, 0.2) is 12.2 Å². The zero-order valence-electron chi connectivity index (χ0n) is 9.76. The van der Waals surface area contributed by atoms with Crippen LogP contribution in [0.2, 0.25) is 0 Å². The number of allylic oxidation sites excluding steroid dienone is 1. The zero-order chi connectivity index (χ0) is 11.8. The van der Waals surface area contributed by atoms with Crippen molar-refractivity contribution < 1.29 is 9.59 Å². The lowest BCUT2D eigenvalue weighted by molar-refractivity contribution is -0.117. The van der Waals surface area contributed by atoms with E-state index in [1.54, 1.807) is 11.9 Å². The second kappa shape index (κ2) is 7.04. The van der Waals surface area contributed by atoms with Gasteiger partial charge in [-0.2, -0.15) is 0 Å². The molecule has 1 rings (SSSR count). The second-order valence-electron chi connectivity index (χ2n) is 4.30. The second-order valence-corrected chi connectivity index (χ2v) is 4.30. The molecule has 1 aliphatic carbocycles. The Morgan fingerprint density at radius 3 is 2.88 bits per heavy atom. The highest BCUT2D eigenvalue weighted by atomic mass is 16.1. The van der Waals surface area contributed by atoms with Crippen molar-refractivity contribution in [2.45, 2.75) is 31.7 Å². The monoisotopic (exact) mass is 224 g/mol. The maximum Gasteiger partial charge on any atom is 0.209 e. The lowest BCUT2D eigenvalue weighted by Gasteiger charge is -2.08. The number of hydrogen-bond acceptors (Lipinski definition) is 2. The van der Waals surface area contributed by atoms with E-state index in [1.165, 1.54) is 0 Å². The van der Waals surface area contributed by atoms with E-state index in [4.69, 9.17) is 0 Å². The molecule has 2 amide bonds. The summed E-state index contributed by atoms with van der Waals surface area (Å²) in [4.78, 5) is 22.1. The number of amides is 2. The molecule has 1 fully saturated rings. The Bertz CT molecular complexity index is 253. The van der Waals surface area contributed by atoms with Crippen LogP contribution >= 0.6 is 0 Å². The Kier molecular flexibility index (Phi) is 5.61. The standard InChI is InChI=1S/C12H20N2O2/c1-14(10-16)7-5-3-2-4-6-11-8-12(11)13-9-15/h4,6,9-12H,2-3,5,7-8H2,1H3,(H,13,15)/b6-4-/t11-,12?/m1/s1. The van der Waals surface area contributed by atoms with Crippen LogP contribution in [0.5, 0.6) is 0 Å². The molecule has 0 aliphatic heterocycles. The molecule has 0 aromatic rings. The van der Waals surface area contributed by atoms with E-state index in [2.05, 4.69) is 17.5 Å². The highest BCUT2D eigenvalue weighted by Crippen LogP contribution is 2.31. The van der Waals surface area contributed by atoms with Crippen LogP contribution in [0.25, 0.3) is 0 Å². The molecule has 0 aromatic carbocycles. The van der Waals surface area contributed by atoms with Crippen molar-refractivity contribution in [2.75, 3.05) is 13.6 Å². The van der Waals surface area contributed by atoms with Gasteiger partial charge in [0.15, 0.2) is 0 Å². The van der Waals surface area contributed by atoms with Crippen molar-refractivity contribution in [3.05, 3.63) is 12.2 Å². The van der Waals surface area contributed by atoms with Gasteiger partial charge >= 0.3 is 0 Å². The number of rotatable bonds is 9. The third-order valence-corrected chi connectivity index (χ3v) is 2.82. The van der Waals surface area contributed by atoms with Gasteiger partial charge in [0.25, 0.3) is 0 Å². The molecule has 0 bridgehead atoms. The van der Waals surface area contributed by atoms with Gasteiger partial charge < -0.3 is 10.2 Å². The fourth-order valence-corrected chi connectivity index (χ4v) is 1.65. The molecule has 0 aromatic heterocycles. The van der Waals surface area contributed by atoms with Gasteiger partial charge in [-0.05, 0) is 31.6 Å². The average molecular weight is 224 g/mol. The fourth-order valence-electron chi connectivity index (χ4n) is 1.65. The van der Waals surface area contributed by atoms with Gasteiger partial charge in [-0.1, -0.05) is 12.2 Å². The minimum absolute atomic E-state index is 0.370. The first-order valence-corrected chi connectivity index (χ1v) is 5.80. The molecule has 0 radical (unpaired) electrons. The lowest BCUT2D eigenvalue weighted by atomic mass is 10.2. The van der Waals surface area contributed by atoms with E-state index in [0.717, 1.165) is 45.0 Å². The van der Waals surface area contributed by atoms with Gasteiger partial charge in [-0.25, -0.2) is 0 Å². The van der Waals surface area contributed by atoms with Crippen molar-refractivity contribution in [2.24, 2.45) is 5.92 Å². The Morgan fingerprint density at radius 1 is 1.38 bits per heavy atom. The van der Waals surface area contributed by atoms with Crippen LogP contribution < -0.4 is 5.32 Å². The molecular weight excluding hydrogens is 204 g/mol. The van der Waals surface area contributed by atoms with E-state index >= 15 is 0 Å². The number of nitrogens with one attached hydrogen (secondary N) is 1. The summed E-state index contributed by atoms with van der Waals surface area (Å²) in [6.07, 6.45) is 10.3. The lowest BCUT2D eigenvalue weighted by Crippen LogP contribution is -2.16. The highest BCUT2D eigenvalue weighted by molar-refractivity contribution is 5.48. The molecule has 0 spiro atoms. The van der Waals surface area contributed by atoms with E-state index in [1.807, 2.05) is 0 Å². The van der Waals surface area contributed by atoms with Crippen LogP contribution in [-0.4, -0.2) is 37.4 Å². The molecule has 90 valence electrons. The van der Waals surface area contributed by atoms with Crippen molar-refractivity contribution in [3.63, 3.8) is 0 Å². The van der Waals surface area contributed by atoms with Crippen molar-refractivity contribution >= 4 is 12.8 Å². The molecule has 1 saturated carbocycles. The molecule has 16 heavy (non-hydrogen) atoms. The maximum atomic E-state index is 10.3. The van der Waals surface area contributed by atoms with Gasteiger partial charge in [0.1, 0.15) is 0 Å². The van der Waals surface area contributed by atoms with Gasteiger partial charge in [0.05, 0.1) is 0 Å². The summed E-state index contributed by atoms with van der Waals surface area (Å²) >= 11 is 0. The number of carbonyl (C=O) groups is 2. The minimum atomic E-state index is 0.370. The summed E-state index contributed by atoms with van der Waals surface area (Å²) in [6, 6.07) is 0.370. The molecule has 1 unspecified atom stereocenters. The van der Waals surface area contributed by atoms with Crippen molar-refractivity contribution in [1.82, 2.24) is 10.2 Å². The summed E-state index contributed by atoms with van der Waals surface area (Å²) in [6.45, 7) is 0.829. The first-order chi connectivity index (χ1) is 7.77. The largest absolute Gasteiger partial charge is 0.355 e. The Balaban J connectivity index is 1.93. The molecular formula is C12H20N2O2. The predicted molar refractivity (Wildman–Crippen MR) is 62.8 cm³/mol. The Morgan fingerprint density at radius 2 is 2.19 bits per heavy atom. The summed E-state index contributed by atoms with van der Waals surface area (Å²) in [5.41, 5.74) is 0. The highest BCUT2D eigenvalue weighted by Gasteiger charge is 2.33. The third-order valence-electron chi connectivity index (χ3n) is 2.82. The Labute approximate surface area is 96.7 Å². The first kappa shape index (κ1) is 12.7. The minimum Gasteiger partial charge on any atom is -0.355 e. The molecule has 1 N–H and O–H groups in total. The SMILES string of the molecule is CN(C=O)CCCC/C=C\[C@@H]1CC1NC=O. The van der Waals surface area contributed by atoms with Crippen LogP contribution in [0.4, 0.5) is 0 Å². The number of hydrogen-bond donors (Lipinski definition) is 1. The quantitative estimate of drug-likeness (QED) is 0.360. The fraction of sp³-hybridized carbons (Fsp3) is 0.667. The van der Waals surface area contributed by atoms with Gasteiger partial charge in [-0.15, -0.1) is 0 Å². The third kappa shape index (κ3) is 4.96. The van der Waals surface area contributed by atoms with Crippen LogP contribution in [0.1, 0.15) is 25.7 Å². The van der Waals surface area contributed by atoms with Crippen molar-refractivity contribution in [3.8, 4) is 0 Å². The van der Waals surface area contributed by atoms with Crippen molar-refractivity contribution in [1.29, 1.82) is 0 Å². The first-order valence-electron chi connectivity index (χ1n) is 5.80. The average Bonchev–Trinajstić information content (AvgIpc) is 3.02.